The summed E-state index contributed by atoms with van der Waals surface area (Å²) in [6.45, 7) is 2.08. The summed E-state index contributed by atoms with van der Waals surface area (Å²) in [7, 11) is 1.90. The molecular formula is C12H13BrFN3S. The van der Waals surface area contributed by atoms with Crippen molar-refractivity contribution in [2.45, 2.75) is 19.4 Å². The van der Waals surface area contributed by atoms with Crippen molar-refractivity contribution in [2.24, 2.45) is 0 Å². The zero-order valence-corrected chi connectivity index (χ0v) is 12.5. The van der Waals surface area contributed by atoms with Crippen LogP contribution in [0.2, 0.25) is 0 Å². The second kappa shape index (κ2) is 5.86. The molecule has 0 fully saturated rings. The number of hydrogen-bond acceptors (Lipinski definition) is 4. The highest BCUT2D eigenvalue weighted by Crippen LogP contribution is 2.33. The molecule has 96 valence electrons. The normalized spacial score (nSPS) is 12.7. The van der Waals surface area contributed by atoms with E-state index in [0.717, 1.165) is 26.5 Å². The Kier molecular flexibility index (Phi) is 4.42. The molecule has 6 heteroatoms. The van der Waals surface area contributed by atoms with Gasteiger partial charge in [-0.25, -0.2) is 4.39 Å². The number of nitrogens with zero attached hydrogens (tertiary/aromatic N) is 2. The maximum Gasteiger partial charge on any atom is 0.149 e. The van der Waals surface area contributed by atoms with Crippen LogP contribution in [0.5, 0.6) is 0 Å². The van der Waals surface area contributed by atoms with Crippen molar-refractivity contribution in [3.8, 4) is 10.6 Å². The van der Waals surface area contributed by atoms with Crippen LogP contribution in [0, 0.1) is 5.82 Å². The molecular weight excluding hydrogens is 317 g/mol. The quantitative estimate of drug-likeness (QED) is 0.927. The fourth-order valence-corrected chi connectivity index (χ4v) is 3.28. The van der Waals surface area contributed by atoms with Gasteiger partial charge in [-0.3, -0.25) is 0 Å². The van der Waals surface area contributed by atoms with E-state index in [1.54, 1.807) is 6.07 Å². The van der Waals surface area contributed by atoms with E-state index < -0.39 is 0 Å². The highest BCUT2D eigenvalue weighted by Gasteiger charge is 2.15. The Bertz CT molecular complexity index is 540. The number of rotatable bonds is 4. The monoisotopic (exact) mass is 329 g/mol. The Labute approximate surface area is 118 Å². The average Bonchev–Trinajstić information content (AvgIpc) is 2.83. The zero-order chi connectivity index (χ0) is 13.1. The molecule has 1 N–H and O–H groups in total. The molecule has 0 amide bonds. The second-order valence-electron chi connectivity index (χ2n) is 3.82. The highest BCUT2D eigenvalue weighted by atomic mass is 79.9. The first-order valence-corrected chi connectivity index (χ1v) is 7.22. The molecule has 0 spiro atoms. The molecule has 3 nitrogen and oxygen atoms in total. The molecule has 0 radical (unpaired) electrons. The minimum atomic E-state index is -0.273. The van der Waals surface area contributed by atoms with Crippen molar-refractivity contribution in [2.75, 3.05) is 7.05 Å². The van der Waals surface area contributed by atoms with Crippen molar-refractivity contribution < 1.29 is 4.39 Å². The van der Waals surface area contributed by atoms with Gasteiger partial charge in [-0.05, 0) is 31.7 Å². The fourth-order valence-electron chi connectivity index (χ4n) is 1.65. The zero-order valence-electron chi connectivity index (χ0n) is 10.1. The summed E-state index contributed by atoms with van der Waals surface area (Å²) in [5, 5.41) is 13.1. The summed E-state index contributed by atoms with van der Waals surface area (Å²) in [4.78, 5) is 0. The van der Waals surface area contributed by atoms with Gasteiger partial charge in [-0.1, -0.05) is 34.2 Å². The minimum absolute atomic E-state index is 0.198. The Morgan fingerprint density at radius 3 is 2.89 bits per heavy atom. The van der Waals surface area contributed by atoms with Crippen LogP contribution >= 0.6 is 27.3 Å². The molecule has 0 bridgehead atoms. The summed E-state index contributed by atoms with van der Waals surface area (Å²) < 4.78 is 14.1. The van der Waals surface area contributed by atoms with Gasteiger partial charge < -0.3 is 5.32 Å². The first kappa shape index (κ1) is 13.6. The molecule has 1 aromatic heterocycles. The van der Waals surface area contributed by atoms with Gasteiger partial charge in [0.25, 0.3) is 0 Å². The first-order chi connectivity index (χ1) is 8.65. The lowest BCUT2D eigenvalue weighted by atomic mass is 10.2. The van der Waals surface area contributed by atoms with Gasteiger partial charge in [-0.2, -0.15) is 0 Å². The lowest BCUT2D eigenvalue weighted by molar-refractivity contribution is 0.568. The predicted molar refractivity (Wildman–Crippen MR) is 75.1 cm³/mol. The fraction of sp³-hybridized carbons (Fsp3) is 0.333. The molecule has 1 aromatic carbocycles. The number of nitrogens with one attached hydrogen (secondary N) is 1. The SMILES string of the molecule is CCC(NC)c1nnc(-c2cc(F)ccc2Br)s1. The molecule has 0 saturated carbocycles. The molecule has 1 unspecified atom stereocenters. The van der Waals surface area contributed by atoms with Gasteiger partial charge in [-0.15, -0.1) is 10.2 Å². The summed E-state index contributed by atoms with van der Waals surface area (Å²) in [6, 6.07) is 4.76. The molecule has 0 saturated heterocycles. The summed E-state index contributed by atoms with van der Waals surface area (Å²) in [6.07, 6.45) is 0.940. The van der Waals surface area contributed by atoms with Crippen LogP contribution in [0.1, 0.15) is 24.4 Å². The van der Waals surface area contributed by atoms with Gasteiger partial charge in [0.1, 0.15) is 15.8 Å². The summed E-state index contributed by atoms with van der Waals surface area (Å²) in [5.74, 6) is -0.273. The summed E-state index contributed by atoms with van der Waals surface area (Å²) >= 11 is 4.89. The van der Waals surface area contributed by atoms with E-state index in [9.17, 15) is 4.39 Å². The summed E-state index contributed by atoms with van der Waals surface area (Å²) in [5.41, 5.74) is 0.740. The van der Waals surface area contributed by atoms with E-state index in [-0.39, 0.29) is 11.9 Å². The number of benzene rings is 1. The standard InChI is InChI=1S/C12H13BrFN3S/c1-3-10(15-2)12-17-16-11(18-12)8-6-7(14)4-5-9(8)13/h4-6,10,15H,3H2,1-2H3. The largest absolute Gasteiger partial charge is 0.311 e. The smallest absolute Gasteiger partial charge is 0.149 e. The minimum Gasteiger partial charge on any atom is -0.311 e. The average molecular weight is 330 g/mol. The van der Waals surface area contributed by atoms with E-state index in [0.29, 0.717) is 0 Å². The van der Waals surface area contributed by atoms with Crippen molar-refractivity contribution in [1.82, 2.24) is 15.5 Å². The van der Waals surface area contributed by atoms with Gasteiger partial charge in [0.15, 0.2) is 0 Å². The van der Waals surface area contributed by atoms with Gasteiger partial charge in [0, 0.05) is 10.0 Å². The first-order valence-electron chi connectivity index (χ1n) is 5.61. The Morgan fingerprint density at radius 2 is 2.22 bits per heavy atom. The third-order valence-electron chi connectivity index (χ3n) is 2.65. The Hall–Kier alpha value is -0.850. The number of halogens is 2. The lowest BCUT2D eigenvalue weighted by Gasteiger charge is -2.08. The van der Waals surface area contributed by atoms with Crippen LogP contribution in [0.15, 0.2) is 22.7 Å². The Balaban J connectivity index is 2.37. The molecule has 0 aliphatic heterocycles. The van der Waals surface area contributed by atoms with E-state index in [4.69, 9.17) is 0 Å². The van der Waals surface area contributed by atoms with E-state index in [2.05, 4.69) is 38.4 Å². The van der Waals surface area contributed by atoms with Crippen LogP contribution in [0.25, 0.3) is 10.6 Å². The lowest BCUT2D eigenvalue weighted by Crippen LogP contribution is -2.14. The van der Waals surface area contributed by atoms with Gasteiger partial charge in [0.2, 0.25) is 0 Å². The third kappa shape index (κ3) is 2.76. The van der Waals surface area contributed by atoms with Crippen molar-refractivity contribution >= 4 is 27.3 Å². The molecule has 2 aromatic rings. The van der Waals surface area contributed by atoms with E-state index in [1.165, 1.54) is 23.5 Å². The van der Waals surface area contributed by atoms with Crippen LogP contribution in [0.3, 0.4) is 0 Å². The Morgan fingerprint density at radius 1 is 1.44 bits per heavy atom. The molecule has 0 aliphatic carbocycles. The van der Waals surface area contributed by atoms with Crippen molar-refractivity contribution in [1.29, 1.82) is 0 Å². The molecule has 18 heavy (non-hydrogen) atoms. The van der Waals surface area contributed by atoms with Crippen LogP contribution < -0.4 is 5.32 Å². The predicted octanol–water partition coefficient (Wildman–Crippen LogP) is 3.78. The van der Waals surface area contributed by atoms with E-state index >= 15 is 0 Å². The second-order valence-corrected chi connectivity index (χ2v) is 5.68. The van der Waals surface area contributed by atoms with E-state index in [1.807, 2.05) is 7.05 Å². The van der Waals surface area contributed by atoms with Crippen LogP contribution in [0.4, 0.5) is 4.39 Å². The van der Waals surface area contributed by atoms with Crippen LogP contribution in [-0.2, 0) is 0 Å². The maximum absolute atomic E-state index is 13.3. The molecule has 2 rings (SSSR count). The van der Waals surface area contributed by atoms with Crippen molar-refractivity contribution in [3.05, 3.63) is 33.5 Å². The van der Waals surface area contributed by atoms with Crippen LogP contribution in [-0.4, -0.2) is 17.2 Å². The van der Waals surface area contributed by atoms with Gasteiger partial charge in [0.05, 0.1) is 6.04 Å². The molecule has 0 aliphatic rings. The highest BCUT2D eigenvalue weighted by molar-refractivity contribution is 9.10. The molecule has 1 heterocycles. The van der Waals surface area contributed by atoms with Crippen molar-refractivity contribution in [3.63, 3.8) is 0 Å². The molecule has 1 atom stereocenters. The topological polar surface area (TPSA) is 37.8 Å². The maximum atomic E-state index is 13.3. The number of aromatic nitrogens is 2. The van der Waals surface area contributed by atoms with Gasteiger partial charge >= 0.3 is 0 Å². The number of hydrogen-bond donors (Lipinski definition) is 1. The third-order valence-corrected chi connectivity index (χ3v) is 4.42.